The fourth-order valence-electron chi connectivity index (χ4n) is 2.87. The second-order valence-corrected chi connectivity index (χ2v) is 6.73. The van der Waals surface area contributed by atoms with Gasteiger partial charge in [-0.25, -0.2) is 5.43 Å². The average Bonchev–Trinajstić information content (AvgIpc) is 3.12. The third-order valence-electron chi connectivity index (χ3n) is 4.27. The topological polar surface area (TPSA) is 44.4 Å². The van der Waals surface area contributed by atoms with Crippen LogP contribution in [0.3, 0.4) is 0 Å². The number of halogens is 7. The summed E-state index contributed by atoms with van der Waals surface area (Å²) in [7, 11) is 0. The SMILES string of the molecule is O=C(NCc1ccccc1C(F)(F)F)C1=CC(C(F)(F)F)NN1c1ccccc1Cl. The number of nitrogens with zero attached hydrogens (tertiary/aromatic N) is 1. The van der Waals surface area contributed by atoms with Crippen molar-refractivity contribution in [3.05, 3.63) is 76.5 Å². The highest BCUT2D eigenvalue weighted by atomic mass is 35.5. The molecule has 160 valence electrons. The van der Waals surface area contributed by atoms with Gasteiger partial charge in [0.2, 0.25) is 0 Å². The maximum atomic E-state index is 13.2. The van der Waals surface area contributed by atoms with Crippen molar-refractivity contribution >= 4 is 23.2 Å². The highest BCUT2D eigenvalue weighted by Crippen LogP contribution is 2.34. The molecule has 11 heteroatoms. The number of hydrogen-bond donors (Lipinski definition) is 2. The Bertz CT molecular complexity index is 973. The van der Waals surface area contributed by atoms with E-state index in [9.17, 15) is 31.1 Å². The fourth-order valence-corrected chi connectivity index (χ4v) is 3.09. The first-order valence-corrected chi connectivity index (χ1v) is 8.89. The Morgan fingerprint density at radius 2 is 1.67 bits per heavy atom. The van der Waals surface area contributed by atoms with E-state index in [1.54, 1.807) is 6.07 Å². The normalized spacial score (nSPS) is 17.1. The van der Waals surface area contributed by atoms with Gasteiger partial charge < -0.3 is 5.32 Å². The van der Waals surface area contributed by atoms with Crippen LogP contribution in [0.2, 0.25) is 5.02 Å². The lowest BCUT2D eigenvalue weighted by Gasteiger charge is -2.25. The molecule has 4 nitrogen and oxygen atoms in total. The Hall–Kier alpha value is -2.72. The molecule has 30 heavy (non-hydrogen) atoms. The van der Waals surface area contributed by atoms with E-state index in [1.165, 1.54) is 36.4 Å². The summed E-state index contributed by atoms with van der Waals surface area (Å²) in [6.07, 6.45) is -8.70. The first-order chi connectivity index (χ1) is 14.0. The molecule has 1 aliphatic rings. The largest absolute Gasteiger partial charge is 0.416 e. The van der Waals surface area contributed by atoms with Gasteiger partial charge in [-0.05, 0) is 29.8 Å². The van der Waals surface area contributed by atoms with Crippen LogP contribution in [-0.2, 0) is 17.5 Å². The molecule has 0 bridgehead atoms. The van der Waals surface area contributed by atoms with E-state index in [-0.39, 0.29) is 16.3 Å². The summed E-state index contributed by atoms with van der Waals surface area (Å²) in [4.78, 5) is 12.6. The summed E-state index contributed by atoms with van der Waals surface area (Å²) < 4.78 is 78.9. The maximum Gasteiger partial charge on any atom is 0.416 e. The zero-order valence-corrected chi connectivity index (χ0v) is 15.7. The number of amides is 1. The quantitative estimate of drug-likeness (QED) is 0.658. The van der Waals surface area contributed by atoms with Crippen molar-refractivity contribution < 1.29 is 31.1 Å². The van der Waals surface area contributed by atoms with Crippen molar-refractivity contribution in [2.45, 2.75) is 24.9 Å². The Labute approximate surface area is 172 Å². The molecule has 2 N–H and O–H groups in total. The van der Waals surface area contributed by atoms with Crippen molar-refractivity contribution in [2.75, 3.05) is 5.01 Å². The number of para-hydroxylation sites is 1. The van der Waals surface area contributed by atoms with E-state index in [0.717, 1.165) is 11.1 Å². The molecule has 0 aromatic heterocycles. The summed E-state index contributed by atoms with van der Waals surface area (Å²) >= 11 is 6.03. The zero-order chi connectivity index (χ0) is 22.1. The van der Waals surface area contributed by atoms with Gasteiger partial charge in [-0.15, -0.1) is 0 Å². The molecule has 0 radical (unpaired) electrons. The van der Waals surface area contributed by atoms with Gasteiger partial charge >= 0.3 is 12.4 Å². The predicted molar refractivity (Wildman–Crippen MR) is 98.3 cm³/mol. The van der Waals surface area contributed by atoms with E-state index in [4.69, 9.17) is 11.6 Å². The van der Waals surface area contributed by atoms with Gasteiger partial charge in [-0.1, -0.05) is 41.9 Å². The minimum absolute atomic E-state index is 0.0777. The van der Waals surface area contributed by atoms with E-state index in [1.807, 2.05) is 0 Å². The number of carbonyl (C=O) groups is 1. The van der Waals surface area contributed by atoms with Crippen molar-refractivity contribution in [1.29, 1.82) is 0 Å². The molecule has 0 aliphatic carbocycles. The lowest BCUT2D eigenvalue weighted by atomic mass is 10.1. The summed E-state index contributed by atoms with van der Waals surface area (Å²) in [5.41, 5.74) is 0.629. The zero-order valence-electron chi connectivity index (χ0n) is 15.0. The second-order valence-electron chi connectivity index (χ2n) is 6.32. The molecule has 1 amide bonds. The van der Waals surface area contributed by atoms with E-state index >= 15 is 0 Å². The fraction of sp³-hybridized carbons (Fsp3) is 0.211. The summed E-state index contributed by atoms with van der Waals surface area (Å²) in [6, 6.07) is 8.31. The number of anilines is 1. The lowest BCUT2D eigenvalue weighted by Crippen LogP contribution is -2.46. The predicted octanol–water partition coefficient (Wildman–Crippen LogP) is 4.81. The molecule has 2 aromatic carbocycles. The van der Waals surface area contributed by atoms with Crippen LogP contribution in [0.1, 0.15) is 11.1 Å². The number of alkyl halides is 6. The first-order valence-electron chi connectivity index (χ1n) is 8.51. The molecule has 0 spiro atoms. The molecule has 2 aromatic rings. The third-order valence-corrected chi connectivity index (χ3v) is 4.59. The molecule has 0 fully saturated rings. The van der Waals surface area contributed by atoms with Crippen LogP contribution in [0.15, 0.2) is 60.3 Å². The molecule has 1 aliphatic heterocycles. The Morgan fingerprint density at radius 3 is 2.30 bits per heavy atom. The van der Waals surface area contributed by atoms with Crippen LogP contribution >= 0.6 is 11.6 Å². The first kappa shape index (κ1) is 22.0. The molecular formula is C19H14ClF6N3O. The Kier molecular flexibility index (Phi) is 6.00. The maximum absolute atomic E-state index is 13.2. The standard InChI is InChI=1S/C19H14ClF6N3O/c20-13-7-3-4-8-14(13)29-15(9-16(28-29)19(24,25)26)17(30)27-10-11-5-1-2-6-12(11)18(21,22)23/h1-9,16,28H,10H2,(H,27,30). The van der Waals surface area contributed by atoms with Gasteiger partial charge in [0.05, 0.1) is 16.3 Å². The van der Waals surface area contributed by atoms with Crippen molar-refractivity contribution in [3.8, 4) is 0 Å². The summed E-state index contributed by atoms with van der Waals surface area (Å²) in [5, 5.41) is 3.19. The highest BCUT2D eigenvalue weighted by Gasteiger charge is 2.45. The summed E-state index contributed by atoms with van der Waals surface area (Å²) in [6.45, 7) is -0.529. The van der Waals surface area contributed by atoms with Crippen LogP contribution in [0.4, 0.5) is 32.0 Å². The molecule has 0 saturated heterocycles. The van der Waals surface area contributed by atoms with Gasteiger partial charge in [0.15, 0.2) is 0 Å². The van der Waals surface area contributed by atoms with Gasteiger partial charge in [0.25, 0.3) is 5.91 Å². The number of benzene rings is 2. The highest BCUT2D eigenvalue weighted by molar-refractivity contribution is 6.33. The molecule has 1 heterocycles. The van der Waals surface area contributed by atoms with Crippen LogP contribution < -0.4 is 15.8 Å². The smallest absolute Gasteiger partial charge is 0.347 e. The monoisotopic (exact) mass is 449 g/mol. The number of carbonyl (C=O) groups excluding carboxylic acids is 1. The number of hydrogen-bond acceptors (Lipinski definition) is 3. The van der Waals surface area contributed by atoms with Crippen LogP contribution in [0.5, 0.6) is 0 Å². The molecule has 0 saturated carbocycles. The van der Waals surface area contributed by atoms with Gasteiger partial charge in [0.1, 0.15) is 11.7 Å². The second kappa shape index (κ2) is 8.19. The Balaban J connectivity index is 1.86. The molecule has 3 rings (SSSR count). The average molecular weight is 450 g/mol. The van der Waals surface area contributed by atoms with Crippen molar-refractivity contribution in [3.63, 3.8) is 0 Å². The van der Waals surface area contributed by atoms with Crippen LogP contribution in [0, 0.1) is 0 Å². The Morgan fingerprint density at radius 1 is 1.03 bits per heavy atom. The van der Waals surface area contributed by atoms with Gasteiger partial charge in [0, 0.05) is 6.54 Å². The minimum Gasteiger partial charge on any atom is -0.347 e. The minimum atomic E-state index is -4.70. The van der Waals surface area contributed by atoms with Crippen LogP contribution in [-0.4, -0.2) is 18.1 Å². The van der Waals surface area contributed by atoms with Crippen molar-refractivity contribution in [2.24, 2.45) is 0 Å². The van der Waals surface area contributed by atoms with Gasteiger partial charge in [-0.2, -0.15) is 26.3 Å². The molecule has 1 unspecified atom stereocenters. The number of hydrazine groups is 1. The van der Waals surface area contributed by atoms with E-state index in [2.05, 4.69) is 10.7 Å². The number of nitrogens with one attached hydrogen (secondary N) is 2. The lowest BCUT2D eigenvalue weighted by molar-refractivity contribution is -0.143. The molecule has 1 atom stereocenters. The van der Waals surface area contributed by atoms with Crippen LogP contribution in [0.25, 0.3) is 0 Å². The van der Waals surface area contributed by atoms with Gasteiger partial charge in [-0.3, -0.25) is 9.80 Å². The third kappa shape index (κ3) is 4.71. The number of rotatable bonds is 4. The molecular weight excluding hydrogens is 436 g/mol. The van der Waals surface area contributed by atoms with E-state index in [0.29, 0.717) is 6.08 Å². The summed E-state index contributed by atoms with van der Waals surface area (Å²) in [5.74, 6) is -0.994. The van der Waals surface area contributed by atoms with Crippen molar-refractivity contribution in [1.82, 2.24) is 10.7 Å². The van der Waals surface area contributed by atoms with E-state index < -0.39 is 42.1 Å².